The molecule has 1 rings (SSSR count). The van der Waals surface area contributed by atoms with Gasteiger partial charge in [-0.15, -0.1) is 0 Å². The number of ether oxygens (including phenoxy) is 1. The molecular weight excluding hydrogens is 154 g/mol. The highest BCUT2D eigenvalue weighted by Crippen LogP contribution is 2.10. The van der Waals surface area contributed by atoms with Crippen molar-refractivity contribution in [2.45, 2.75) is 19.4 Å². The van der Waals surface area contributed by atoms with Gasteiger partial charge in [0.15, 0.2) is 0 Å². The van der Waals surface area contributed by atoms with E-state index in [2.05, 4.69) is 4.98 Å². The molecule has 12 heavy (non-hydrogen) atoms. The highest BCUT2D eigenvalue weighted by molar-refractivity contribution is 5.20. The normalized spacial score (nSPS) is 12.6. The van der Waals surface area contributed by atoms with Crippen LogP contribution >= 0.6 is 0 Å². The Morgan fingerprint density at radius 2 is 2.42 bits per heavy atom. The van der Waals surface area contributed by atoms with Gasteiger partial charge in [0, 0.05) is 12.3 Å². The Morgan fingerprint density at radius 3 is 3.00 bits per heavy atom. The summed E-state index contributed by atoms with van der Waals surface area (Å²) in [5, 5.41) is 9.11. The number of methoxy groups -OCH3 is 1. The zero-order valence-electron chi connectivity index (χ0n) is 7.32. The van der Waals surface area contributed by atoms with E-state index in [0.717, 1.165) is 5.56 Å². The largest absolute Gasteiger partial charge is 0.481 e. The maximum Gasteiger partial charge on any atom is 0.213 e. The van der Waals surface area contributed by atoms with Crippen LogP contribution in [0, 0.1) is 0 Å². The second-order valence-electron chi connectivity index (χ2n) is 2.76. The third kappa shape index (κ3) is 2.51. The van der Waals surface area contributed by atoms with Crippen molar-refractivity contribution in [3.05, 3.63) is 23.9 Å². The van der Waals surface area contributed by atoms with Gasteiger partial charge in [-0.3, -0.25) is 0 Å². The summed E-state index contributed by atoms with van der Waals surface area (Å²) >= 11 is 0. The van der Waals surface area contributed by atoms with Gasteiger partial charge in [0.05, 0.1) is 13.2 Å². The number of aromatic nitrogens is 1. The number of hydrogen-bond acceptors (Lipinski definition) is 3. The maximum atomic E-state index is 9.11. The number of rotatable bonds is 3. The van der Waals surface area contributed by atoms with Crippen molar-refractivity contribution in [2.24, 2.45) is 0 Å². The van der Waals surface area contributed by atoms with Crippen LogP contribution in [-0.2, 0) is 6.42 Å². The first kappa shape index (κ1) is 9.00. The average Bonchev–Trinajstić information content (AvgIpc) is 2.03. The molecule has 1 N–H and O–H groups in total. The summed E-state index contributed by atoms with van der Waals surface area (Å²) in [5.74, 6) is 0.591. The molecule has 0 aromatic carbocycles. The number of aliphatic hydroxyl groups is 1. The Morgan fingerprint density at radius 1 is 1.67 bits per heavy atom. The molecule has 0 fully saturated rings. The molecule has 0 aliphatic rings. The van der Waals surface area contributed by atoms with Crippen molar-refractivity contribution in [1.82, 2.24) is 4.98 Å². The zero-order chi connectivity index (χ0) is 8.97. The first-order chi connectivity index (χ1) is 5.72. The van der Waals surface area contributed by atoms with Gasteiger partial charge in [-0.1, -0.05) is 0 Å². The summed E-state index contributed by atoms with van der Waals surface area (Å²) in [6, 6.07) is 3.70. The molecule has 0 bridgehead atoms. The third-order valence-electron chi connectivity index (χ3n) is 1.54. The van der Waals surface area contributed by atoms with E-state index in [0.29, 0.717) is 12.3 Å². The van der Waals surface area contributed by atoms with Crippen LogP contribution in [0.25, 0.3) is 0 Å². The molecule has 3 nitrogen and oxygen atoms in total. The average molecular weight is 167 g/mol. The lowest BCUT2D eigenvalue weighted by Gasteiger charge is -2.04. The molecule has 66 valence electrons. The number of pyridine rings is 1. The molecule has 1 aromatic heterocycles. The Hall–Kier alpha value is -1.09. The van der Waals surface area contributed by atoms with Crippen molar-refractivity contribution < 1.29 is 9.84 Å². The number of hydrogen-bond donors (Lipinski definition) is 1. The predicted molar refractivity (Wildman–Crippen MR) is 46.2 cm³/mol. The van der Waals surface area contributed by atoms with Crippen LogP contribution in [0.5, 0.6) is 5.88 Å². The monoisotopic (exact) mass is 167 g/mol. The van der Waals surface area contributed by atoms with Crippen molar-refractivity contribution in [3.63, 3.8) is 0 Å². The van der Waals surface area contributed by atoms with Crippen LogP contribution in [-0.4, -0.2) is 23.3 Å². The minimum Gasteiger partial charge on any atom is -0.481 e. The SMILES string of the molecule is COc1cc(C[C@H](C)O)ccn1. The molecule has 0 aliphatic heterocycles. The lowest BCUT2D eigenvalue weighted by atomic mass is 10.1. The van der Waals surface area contributed by atoms with Crippen LogP contribution < -0.4 is 4.74 Å². The fourth-order valence-corrected chi connectivity index (χ4v) is 1.03. The van der Waals surface area contributed by atoms with E-state index in [-0.39, 0.29) is 6.10 Å². The quantitative estimate of drug-likeness (QED) is 0.730. The van der Waals surface area contributed by atoms with Gasteiger partial charge in [0.1, 0.15) is 0 Å². The molecule has 0 spiro atoms. The number of aliphatic hydroxyl groups excluding tert-OH is 1. The van der Waals surface area contributed by atoms with E-state index in [9.17, 15) is 0 Å². The molecule has 1 aromatic rings. The fraction of sp³-hybridized carbons (Fsp3) is 0.444. The van der Waals surface area contributed by atoms with Crippen LogP contribution in [0.1, 0.15) is 12.5 Å². The van der Waals surface area contributed by atoms with Gasteiger partial charge >= 0.3 is 0 Å². The van der Waals surface area contributed by atoms with Crippen molar-refractivity contribution in [1.29, 1.82) is 0 Å². The molecule has 1 heterocycles. The predicted octanol–water partition coefficient (Wildman–Crippen LogP) is 1.01. The first-order valence-corrected chi connectivity index (χ1v) is 3.89. The molecule has 0 radical (unpaired) electrons. The van der Waals surface area contributed by atoms with E-state index in [1.807, 2.05) is 12.1 Å². The zero-order valence-corrected chi connectivity index (χ0v) is 7.32. The standard InChI is InChI=1S/C9H13NO2/c1-7(11)5-8-3-4-10-9(6-8)12-2/h3-4,6-7,11H,5H2,1-2H3/t7-/m0/s1. The van der Waals surface area contributed by atoms with Crippen LogP contribution in [0.15, 0.2) is 18.3 Å². The van der Waals surface area contributed by atoms with E-state index in [1.54, 1.807) is 20.2 Å². The lowest BCUT2D eigenvalue weighted by molar-refractivity contribution is 0.195. The highest BCUT2D eigenvalue weighted by Gasteiger charge is 2.00. The fourth-order valence-electron chi connectivity index (χ4n) is 1.03. The van der Waals surface area contributed by atoms with Crippen LogP contribution in [0.3, 0.4) is 0 Å². The van der Waals surface area contributed by atoms with Crippen molar-refractivity contribution >= 4 is 0 Å². The Bertz CT molecular complexity index is 248. The van der Waals surface area contributed by atoms with Gasteiger partial charge < -0.3 is 9.84 Å². The van der Waals surface area contributed by atoms with Gasteiger partial charge in [-0.25, -0.2) is 4.98 Å². The number of nitrogens with zero attached hydrogens (tertiary/aromatic N) is 1. The highest BCUT2D eigenvalue weighted by atomic mass is 16.5. The molecule has 3 heteroatoms. The second-order valence-corrected chi connectivity index (χ2v) is 2.76. The topological polar surface area (TPSA) is 42.4 Å². The summed E-state index contributed by atoms with van der Waals surface area (Å²) in [6.07, 6.45) is 1.99. The molecule has 0 unspecified atom stereocenters. The van der Waals surface area contributed by atoms with E-state index < -0.39 is 0 Å². The maximum absolute atomic E-state index is 9.11. The summed E-state index contributed by atoms with van der Waals surface area (Å²) in [5.41, 5.74) is 1.04. The lowest BCUT2D eigenvalue weighted by Crippen LogP contribution is -2.04. The minimum atomic E-state index is -0.322. The Kier molecular flexibility index (Phi) is 3.05. The van der Waals surface area contributed by atoms with Crippen LogP contribution in [0.2, 0.25) is 0 Å². The van der Waals surface area contributed by atoms with Gasteiger partial charge in [-0.2, -0.15) is 0 Å². The Balaban J connectivity index is 2.72. The molecule has 0 aliphatic carbocycles. The molecule has 0 amide bonds. The third-order valence-corrected chi connectivity index (χ3v) is 1.54. The van der Waals surface area contributed by atoms with Crippen LogP contribution in [0.4, 0.5) is 0 Å². The summed E-state index contributed by atoms with van der Waals surface area (Å²) < 4.78 is 4.94. The molecule has 0 saturated carbocycles. The Labute approximate surface area is 72.0 Å². The second kappa shape index (κ2) is 4.07. The first-order valence-electron chi connectivity index (χ1n) is 3.89. The van der Waals surface area contributed by atoms with E-state index >= 15 is 0 Å². The minimum absolute atomic E-state index is 0.322. The van der Waals surface area contributed by atoms with E-state index in [4.69, 9.17) is 9.84 Å². The van der Waals surface area contributed by atoms with Gasteiger partial charge in [0.25, 0.3) is 0 Å². The summed E-state index contributed by atoms with van der Waals surface area (Å²) in [6.45, 7) is 1.76. The summed E-state index contributed by atoms with van der Waals surface area (Å²) in [7, 11) is 1.58. The van der Waals surface area contributed by atoms with E-state index in [1.165, 1.54) is 0 Å². The molecule has 1 atom stereocenters. The van der Waals surface area contributed by atoms with Crippen molar-refractivity contribution in [2.75, 3.05) is 7.11 Å². The molecule has 0 saturated heterocycles. The van der Waals surface area contributed by atoms with Gasteiger partial charge in [0.2, 0.25) is 5.88 Å². The van der Waals surface area contributed by atoms with Crippen molar-refractivity contribution in [3.8, 4) is 5.88 Å². The smallest absolute Gasteiger partial charge is 0.213 e. The molecular formula is C9H13NO2. The summed E-state index contributed by atoms with van der Waals surface area (Å²) in [4.78, 5) is 3.96. The van der Waals surface area contributed by atoms with Gasteiger partial charge in [-0.05, 0) is 25.0 Å².